The number of nitrogens with one attached hydrogen (secondary N) is 1. The number of methoxy groups -OCH3 is 4. The SMILES string of the molecule is COc1ccc(C(OC[C@H]2O[C@@H](n3c(C#Cc4cn(C(c5ccccc5)(c5ccc(OC)cc5)c5ccc(OC)cc5)cn4)nc4c(NC(=O)c5ccccc5)ncnc43)C[C@@H]2O)(c2ccccc2)c2ccc(OC)cc2)cc1. The fourth-order valence-corrected chi connectivity index (χ4v) is 10.4. The monoisotopic (exact) mass is 1050 g/mol. The van der Waals surface area contributed by atoms with E-state index in [2.05, 4.69) is 38.8 Å². The largest absolute Gasteiger partial charge is 0.497 e. The molecule has 0 bridgehead atoms. The molecule has 79 heavy (non-hydrogen) atoms. The lowest BCUT2D eigenvalue weighted by Crippen LogP contribution is -2.38. The van der Waals surface area contributed by atoms with Crippen LogP contribution < -0.4 is 24.3 Å². The van der Waals surface area contributed by atoms with E-state index in [4.69, 9.17) is 43.4 Å². The molecule has 3 atom stereocenters. The van der Waals surface area contributed by atoms with Crippen LogP contribution >= 0.6 is 0 Å². The second-order valence-corrected chi connectivity index (χ2v) is 18.7. The van der Waals surface area contributed by atoms with Crippen molar-refractivity contribution in [2.24, 2.45) is 0 Å². The Morgan fingerprint density at radius 1 is 0.620 bits per heavy atom. The van der Waals surface area contributed by atoms with Gasteiger partial charge in [0.05, 0.1) is 47.5 Å². The molecule has 0 saturated carbocycles. The molecule has 2 N–H and O–H groups in total. The number of carbonyl (C=O) groups excluding carboxylic acids is 1. The van der Waals surface area contributed by atoms with E-state index in [0.717, 1.165) is 33.4 Å². The third-order valence-electron chi connectivity index (χ3n) is 14.4. The van der Waals surface area contributed by atoms with Crippen molar-refractivity contribution in [3.05, 3.63) is 257 Å². The van der Waals surface area contributed by atoms with Gasteiger partial charge in [-0.3, -0.25) is 9.36 Å². The maximum Gasteiger partial charge on any atom is 0.256 e. The molecule has 15 nitrogen and oxygen atoms in total. The number of amides is 1. The molecule has 0 radical (unpaired) electrons. The Hall–Kier alpha value is -9.59. The van der Waals surface area contributed by atoms with Crippen molar-refractivity contribution < 1.29 is 38.3 Å². The number of ether oxygens (including phenoxy) is 6. The van der Waals surface area contributed by atoms with Crippen molar-refractivity contribution in [3.8, 4) is 34.8 Å². The summed E-state index contributed by atoms with van der Waals surface area (Å²) in [5.74, 6) is 9.40. The summed E-state index contributed by atoms with van der Waals surface area (Å²) in [6, 6.07) is 60.4. The van der Waals surface area contributed by atoms with Gasteiger partial charge in [-0.2, -0.15) is 0 Å². The number of carbonyl (C=O) groups is 1. The quantitative estimate of drug-likeness (QED) is 0.0656. The van der Waals surface area contributed by atoms with Gasteiger partial charge in [0.2, 0.25) is 0 Å². The molecule has 15 heteroatoms. The second kappa shape index (κ2) is 22.6. The van der Waals surface area contributed by atoms with E-state index in [0.29, 0.717) is 39.9 Å². The average Bonchev–Trinajstić information content (AvgIpc) is 4.33. The molecule has 3 aromatic heterocycles. The summed E-state index contributed by atoms with van der Waals surface area (Å²) >= 11 is 0. The van der Waals surface area contributed by atoms with Gasteiger partial charge in [-0.25, -0.2) is 19.9 Å². The van der Waals surface area contributed by atoms with Crippen molar-refractivity contribution in [3.63, 3.8) is 0 Å². The molecule has 1 saturated heterocycles. The molecule has 1 aliphatic heterocycles. The molecule has 1 fully saturated rings. The van der Waals surface area contributed by atoms with Crippen LogP contribution in [0, 0.1) is 11.8 Å². The Balaban J connectivity index is 0.995. The first-order valence-corrected chi connectivity index (χ1v) is 25.6. The number of fused-ring (bicyclic) bond motifs is 1. The number of imidazole rings is 2. The number of aromatic nitrogens is 6. The van der Waals surface area contributed by atoms with Crippen molar-refractivity contribution in [1.29, 1.82) is 0 Å². The second-order valence-electron chi connectivity index (χ2n) is 18.7. The first-order valence-electron chi connectivity index (χ1n) is 25.6. The zero-order valence-electron chi connectivity index (χ0n) is 43.8. The Bertz CT molecular complexity index is 3660. The standard InChI is InChI=1S/C64H55N7O8/c1-74-51-29-20-45(21-30-51)63(44-16-10-6-11-17-44,46-22-31-52(75-2)32-23-46)70-39-50(67-42-70)28-37-57-68-59-60(69-62(73)43-14-8-5-9-15-43)65-41-66-61(59)71(57)58-38-55(72)56(79-58)40-78-64(47-18-12-7-13-19-47,48-24-33-53(76-3)34-25-48)49-26-35-54(77-4)36-27-49/h5-27,29-36,39,41-42,55-56,58,72H,38,40H2,1-4H3,(H,65,66,69,73)/t55-,56+,58+/m0/s1. The molecule has 4 heterocycles. The third kappa shape index (κ3) is 9.92. The van der Waals surface area contributed by atoms with Crippen LogP contribution in [0.2, 0.25) is 0 Å². The van der Waals surface area contributed by atoms with Crippen LogP contribution in [0.25, 0.3) is 11.2 Å². The topological polar surface area (TPSA) is 166 Å². The fourth-order valence-electron chi connectivity index (χ4n) is 10.4. The molecule has 1 amide bonds. The number of anilines is 1. The lowest BCUT2D eigenvalue weighted by atomic mass is 9.76. The van der Waals surface area contributed by atoms with E-state index in [1.165, 1.54) is 6.33 Å². The number of benzene rings is 7. The van der Waals surface area contributed by atoms with Crippen molar-refractivity contribution >= 4 is 22.9 Å². The van der Waals surface area contributed by atoms with Gasteiger partial charge in [0.15, 0.2) is 22.8 Å². The molecule has 11 rings (SSSR count). The number of hydrogen-bond acceptors (Lipinski definition) is 12. The molecular weight excluding hydrogens is 995 g/mol. The maximum atomic E-state index is 13.6. The minimum absolute atomic E-state index is 0.0470. The van der Waals surface area contributed by atoms with Gasteiger partial charge in [0.1, 0.15) is 58.5 Å². The van der Waals surface area contributed by atoms with Crippen LogP contribution in [0.15, 0.2) is 207 Å². The molecule has 1 aliphatic rings. The molecule has 0 unspecified atom stereocenters. The van der Waals surface area contributed by atoms with Crippen molar-refractivity contribution in [1.82, 2.24) is 29.1 Å². The normalized spacial score (nSPS) is 15.2. The summed E-state index contributed by atoms with van der Waals surface area (Å²) < 4.78 is 40.2. The zero-order valence-corrected chi connectivity index (χ0v) is 43.8. The number of hydrogen-bond donors (Lipinski definition) is 2. The van der Waals surface area contributed by atoms with Gasteiger partial charge >= 0.3 is 0 Å². The predicted octanol–water partition coefficient (Wildman–Crippen LogP) is 10.2. The highest BCUT2D eigenvalue weighted by Gasteiger charge is 2.43. The summed E-state index contributed by atoms with van der Waals surface area (Å²) in [6.07, 6.45) is 2.43. The summed E-state index contributed by atoms with van der Waals surface area (Å²) in [5.41, 5.74) is 4.68. The Kier molecular flexibility index (Phi) is 14.7. The summed E-state index contributed by atoms with van der Waals surface area (Å²) in [7, 11) is 6.54. The third-order valence-corrected chi connectivity index (χ3v) is 14.4. The Labute approximate surface area is 457 Å². The summed E-state index contributed by atoms with van der Waals surface area (Å²) in [6.45, 7) is -0.0470. The van der Waals surface area contributed by atoms with E-state index in [-0.39, 0.29) is 36.1 Å². The number of aliphatic hydroxyl groups is 1. The molecule has 0 spiro atoms. The van der Waals surface area contributed by atoms with E-state index in [1.54, 1.807) is 63.6 Å². The van der Waals surface area contributed by atoms with Gasteiger partial charge in [-0.05, 0) is 106 Å². The van der Waals surface area contributed by atoms with E-state index < -0.39 is 29.6 Å². The number of aliphatic hydroxyl groups excluding tert-OH is 1. The maximum absolute atomic E-state index is 13.6. The van der Waals surface area contributed by atoms with Crippen LogP contribution in [-0.4, -0.2) is 87.3 Å². The van der Waals surface area contributed by atoms with Gasteiger partial charge in [-0.1, -0.05) is 127 Å². The molecule has 7 aromatic carbocycles. The minimum Gasteiger partial charge on any atom is -0.497 e. The highest BCUT2D eigenvalue weighted by molar-refractivity contribution is 6.06. The Morgan fingerprint density at radius 3 is 1.63 bits per heavy atom. The van der Waals surface area contributed by atoms with E-state index >= 15 is 0 Å². The van der Waals surface area contributed by atoms with Crippen LogP contribution in [0.5, 0.6) is 23.0 Å². The van der Waals surface area contributed by atoms with Crippen LogP contribution in [-0.2, 0) is 20.6 Å². The van der Waals surface area contributed by atoms with E-state index in [1.807, 2.05) is 158 Å². The van der Waals surface area contributed by atoms with Crippen molar-refractivity contribution in [2.75, 3.05) is 40.4 Å². The van der Waals surface area contributed by atoms with Gasteiger partial charge < -0.3 is 43.4 Å². The molecule has 394 valence electrons. The molecule has 0 aliphatic carbocycles. The highest BCUT2D eigenvalue weighted by atomic mass is 16.6. The van der Waals surface area contributed by atoms with Gasteiger partial charge in [0, 0.05) is 18.2 Å². The lowest BCUT2D eigenvalue weighted by Gasteiger charge is -2.37. The predicted molar refractivity (Wildman–Crippen MR) is 298 cm³/mol. The fraction of sp³-hybridized carbons (Fsp3) is 0.172. The number of nitrogens with zero attached hydrogens (tertiary/aromatic N) is 6. The van der Waals surface area contributed by atoms with Crippen LogP contribution in [0.1, 0.15) is 67.9 Å². The smallest absolute Gasteiger partial charge is 0.256 e. The first kappa shape index (κ1) is 51.5. The lowest BCUT2D eigenvalue weighted by molar-refractivity contribution is -0.0932. The van der Waals surface area contributed by atoms with Gasteiger partial charge in [-0.15, -0.1) is 0 Å². The zero-order chi connectivity index (χ0) is 54.3. The number of rotatable bonds is 17. The first-order chi connectivity index (χ1) is 38.7. The highest BCUT2D eigenvalue weighted by Crippen LogP contribution is 2.45. The van der Waals surface area contributed by atoms with Crippen molar-refractivity contribution in [2.45, 2.75) is 36.0 Å². The molecule has 10 aromatic rings. The minimum atomic E-state index is -1.18. The summed E-state index contributed by atoms with van der Waals surface area (Å²) in [5, 5.41) is 15.0. The Morgan fingerprint density at radius 2 is 1.10 bits per heavy atom. The van der Waals surface area contributed by atoms with Crippen LogP contribution in [0.3, 0.4) is 0 Å². The van der Waals surface area contributed by atoms with Gasteiger partial charge in [0.25, 0.3) is 5.91 Å². The van der Waals surface area contributed by atoms with Crippen LogP contribution in [0.4, 0.5) is 5.82 Å². The molecular formula is C64H55N7O8. The van der Waals surface area contributed by atoms with E-state index in [9.17, 15) is 9.90 Å². The summed E-state index contributed by atoms with van der Waals surface area (Å²) in [4.78, 5) is 32.7. The average molecular weight is 1050 g/mol.